The second-order valence-corrected chi connectivity index (χ2v) is 8.29. The van der Waals surface area contributed by atoms with Crippen molar-refractivity contribution < 1.29 is 0 Å². The lowest BCUT2D eigenvalue weighted by atomic mass is 10.0. The molecule has 0 spiro atoms. The zero-order valence-corrected chi connectivity index (χ0v) is 20.7. The SMILES string of the molecule is CN=C(NCc1ccc(N2CCN(C)CC2)nc1)NC1CCN(C(C)C)CC1.I. The summed E-state index contributed by atoms with van der Waals surface area (Å²) in [6.45, 7) is 11.9. The average Bonchev–Trinajstić information content (AvgIpc) is 2.72. The van der Waals surface area contributed by atoms with E-state index in [2.05, 4.69) is 68.3 Å². The van der Waals surface area contributed by atoms with E-state index >= 15 is 0 Å². The van der Waals surface area contributed by atoms with Crippen molar-refractivity contribution in [3.05, 3.63) is 23.9 Å². The van der Waals surface area contributed by atoms with Crippen LogP contribution in [0.4, 0.5) is 5.82 Å². The van der Waals surface area contributed by atoms with E-state index in [1.165, 1.54) is 18.4 Å². The standard InChI is InChI=1S/C21H37N7.HI/c1-17(2)27-9-7-19(8-10-27)25-21(22-3)24-16-18-5-6-20(23-15-18)28-13-11-26(4)12-14-28;/h5-6,15,17,19H,7-14,16H2,1-4H3,(H2,22,24,25);1H. The van der Waals surface area contributed by atoms with Crippen molar-refractivity contribution in [2.75, 3.05) is 58.3 Å². The first-order valence-electron chi connectivity index (χ1n) is 10.6. The summed E-state index contributed by atoms with van der Waals surface area (Å²) < 4.78 is 0. The van der Waals surface area contributed by atoms with Crippen LogP contribution in [0.25, 0.3) is 0 Å². The molecule has 2 saturated heterocycles. The molecular formula is C21H38IN7. The summed E-state index contributed by atoms with van der Waals surface area (Å²) in [4.78, 5) is 16.3. The first kappa shape index (κ1) is 24.1. The third-order valence-electron chi connectivity index (χ3n) is 5.92. The Morgan fingerprint density at radius 1 is 1.14 bits per heavy atom. The van der Waals surface area contributed by atoms with Gasteiger partial charge in [-0.2, -0.15) is 0 Å². The third kappa shape index (κ3) is 7.25. The Morgan fingerprint density at radius 3 is 2.38 bits per heavy atom. The van der Waals surface area contributed by atoms with Crippen LogP contribution in [0.3, 0.4) is 0 Å². The second kappa shape index (κ2) is 11.9. The maximum absolute atomic E-state index is 4.67. The number of nitrogens with zero attached hydrogens (tertiary/aromatic N) is 5. The van der Waals surface area contributed by atoms with E-state index in [1.54, 1.807) is 0 Å². The molecule has 8 heteroatoms. The first-order chi connectivity index (χ1) is 13.5. The summed E-state index contributed by atoms with van der Waals surface area (Å²) in [6, 6.07) is 5.45. The van der Waals surface area contributed by atoms with Gasteiger partial charge in [-0.05, 0) is 45.4 Å². The quantitative estimate of drug-likeness (QED) is 0.356. The predicted octanol–water partition coefficient (Wildman–Crippen LogP) is 1.99. The van der Waals surface area contributed by atoms with Gasteiger partial charge in [0.2, 0.25) is 0 Å². The van der Waals surface area contributed by atoms with Crippen molar-refractivity contribution in [1.29, 1.82) is 0 Å². The molecule has 0 aliphatic carbocycles. The van der Waals surface area contributed by atoms with Gasteiger partial charge in [0, 0.05) is 71.1 Å². The molecule has 2 aliphatic rings. The summed E-state index contributed by atoms with van der Waals surface area (Å²) in [5.74, 6) is 1.96. The summed E-state index contributed by atoms with van der Waals surface area (Å²) in [5.41, 5.74) is 1.18. The molecule has 0 amide bonds. The fourth-order valence-electron chi connectivity index (χ4n) is 3.88. The Balaban J connectivity index is 0.00000300. The van der Waals surface area contributed by atoms with Crippen LogP contribution in [0.2, 0.25) is 0 Å². The number of rotatable bonds is 5. The van der Waals surface area contributed by atoms with Crippen LogP contribution < -0.4 is 15.5 Å². The van der Waals surface area contributed by atoms with Gasteiger partial charge in [-0.3, -0.25) is 4.99 Å². The van der Waals surface area contributed by atoms with Crippen LogP contribution in [0.1, 0.15) is 32.3 Å². The van der Waals surface area contributed by atoms with Crippen molar-refractivity contribution in [1.82, 2.24) is 25.4 Å². The maximum Gasteiger partial charge on any atom is 0.191 e. The smallest absolute Gasteiger partial charge is 0.191 e. The fourth-order valence-corrected chi connectivity index (χ4v) is 3.88. The Kier molecular flexibility index (Phi) is 9.91. The highest BCUT2D eigenvalue weighted by atomic mass is 127. The Hall–Kier alpha value is -1.13. The average molecular weight is 515 g/mol. The molecule has 3 heterocycles. The highest BCUT2D eigenvalue weighted by Crippen LogP contribution is 2.14. The molecule has 2 aliphatic heterocycles. The van der Waals surface area contributed by atoms with Crippen molar-refractivity contribution in [3.63, 3.8) is 0 Å². The molecule has 0 atom stereocenters. The van der Waals surface area contributed by atoms with Gasteiger partial charge in [-0.1, -0.05) is 6.07 Å². The van der Waals surface area contributed by atoms with E-state index in [0.29, 0.717) is 12.1 Å². The van der Waals surface area contributed by atoms with E-state index in [4.69, 9.17) is 0 Å². The number of anilines is 1. The van der Waals surface area contributed by atoms with Gasteiger partial charge in [0.25, 0.3) is 0 Å². The highest BCUT2D eigenvalue weighted by Gasteiger charge is 2.21. The number of aliphatic imine (C=N–C) groups is 1. The number of aromatic nitrogens is 1. The molecule has 0 saturated carbocycles. The second-order valence-electron chi connectivity index (χ2n) is 8.29. The van der Waals surface area contributed by atoms with E-state index in [1.807, 2.05) is 13.2 Å². The molecule has 1 aromatic rings. The van der Waals surface area contributed by atoms with Crippen LogP contribution >= 0.6 is 24.0 Å². The molecule has 1 aromatic heterocycles. The molecule has 0 radical (unpaired) electrons. The molecule has 2 fully saturated rings. The molecule has 29 heavy (non-hydrogen) atoms. The monoisotopic (exact) mass is 515 g/mol. The van der Waals surface area contributed by atoms with Gasteiger partial charge in [0.15, 0.2) is 5.96 Å². The summed E-state index contributed by atoms with van der Waals surface area (Å²) >= 11 is 0. The summed E-state index contributed by atoms with van der Waals surface area (Å²) in [5, 5.41) is 7.02. The number of likely N-dealkylation sites (tertiary alicyclic amines) is 1. The van der Waals surface area contributed by atoms with Crippen molar-refractivity contribution >= 4 is 35.8 Å². The molecule has 3 rings (SSSR count). The Morgan fingerprint density at radius 2 is 1.83 bits per heavy atom. The number of pyridine rings is 1. The first-order valence-corrected chi connectivity index (χ1v) is 10.6. The molecule has 2 N–H and O–H groups in total. The lowest BCUT2D eigenvalue weighted by Gasteiger charge is -2.35. The van der Waals surface area contributed by atoms with Gasteiger partial charge < -0.3 is 25.3 Å². The van der Waals surface area contributed by atoms with Gasteiger partial charge in [-0.25, -0.2) is 4.98 Å². The number of likely N-dealkylation sites (N-methyl/N-ethyl adjacent to an activating group) is 1. The molecule has 0 unspecified atom stereocenters. The fraction of sp³-hybridized carbons (Fsp3) is 0.714. The third-order valence-corrected chi connectivity index (χ3v) is 5.92. The molecule has 164 valence electrons. The molecule has 0 aromatic carbocycles. The topological polar surface area (TPSA) is 59.0 Å². The van der Waals surface area contributed by atoms with Crippen molar-refractivity contribution in [3.8, 4) is 0 Å². The van der Waals surface area contributed by atoms with E-state index in [-0.39, 0.29) is 24.0 Å². The zero-order valence-electron chi connectivity index (χ0n) is 18.4. The number of piperidine rings is 1. The van der Waals surface area contributed by atoms with Crippen LogP contribution in [0, 0.1) is 0 Å². The van der Waals surface area contributed by atoms with Crippen molar-refractivity contribution in [2.24, 2.45) is 4.99 Å². The minimum atomic E-state index is 0. The molecule has 7 nitrogen and oxygen atoms in total. The number of halogens is 1. The van der Waals surface area contributed by atoms with Gasteiger partial charge >= 0.3 is 0 Å². The maximum atomic E-state index is 4.67. The van der Waals surface area contributed by atoms with Gasteiger partial charge in [-0.15, -0.1) is 24.0 Å². The van der Waals surface area contributed by atoms with Crippen LogP contribution in [0.5, 0.6) is 0 Å². The normalized spacial score (nSPS) is 19.9. The van der Waals surface area contributed by atoms with E-state index < -0.39 is 0 Å². The Labute approximate surface area is 193 Å². The zero-order chi connectivity index (χ0) is 19.9. The lowest BCUT2D eigenvalue weighted by Crippen LogP contribution is -2.49. The number of guanidine groups is 1. The van der Waals surface area contributed by atoms with Gasteiger partial charge in [0.1, 0.15) is 5.82 Å². The van der Waals surface area contributed by atoms with Crippen molar-refractivity contribution in [2.45, 2.75) is 45.3 Å². The Bertz CT molecular complexity index is 618. The number of nitrogens with one attached hydrogen (secondary N) is 2. The number of hydrogen-bond acceptors (Lipinski definition) is 5. The lowest BCUT2D eigenvalue weighted by molar-refractivity contribution is 0.167. The summed E-state index contributed by atoms with van der Waals surface area (Å²) in [7, 11) is 4.02. The number of hydrogen-bond donors (Lipinski definition) is 2. The van der Waals surface area contributed by atoms with Crippen LogP contribution in [0.15, 0.2) is 23.3 Å². The van der Waals surface area contributed by atoms with E-state index in [0.717, 1.165) is 57.6 Å². The number of piperazine rings is 1. The van der Waals surface area contributed by atoms with Crippen LogP contribution in [-0.4, -0.2) is 86.2 Å². The predicted molar refractivity (Wildman–Crippen MR) is 132 cm³/mol. The van der Waals surface area contributed by atoms with Crippen LogP contribution in [-0.2, 0) is 6.54 Å². The molecular weight excluding hydrogens is 477 g/mol. The largest absolute Gasteiger partial charge is 0.354 e. The summed E-state index contributed by atoms with van der Waals surface area (Å²) in [6.07, 6.45) is 4.31. The van der Waals surface area contributed by atoms with E-state index in [9.17, 15) is 0 Å². The minimum Gasteiger partial charge on any atom is -0.354 e. The minimum absolute atomic E-state index is 0. The van der Waals surface area contributed by atoms with Gasteiger partial charge in [0.05, 0.1) is 0 Å². The highest BCUT2D eigenvalue weighted by molar-refractivity contribution is 14.0. The molecule has 0 bridgehead atoms.